The Hall–Kier alpha value is -2.94. The lowest BCUT2D eigenvalue weighted by Gasteiger charge is -2.38. The number of nitro benzene ring substituents is 1. The minimum absolute atomic E-state index is 0.000469. The van der Waals surface area contributed by atoms with Crippen LogP contribution in [0.5, 0.6) is 0 Å². The van der Waals surface area contributed by atoms with Crippen molar-refractivity contribution in [3.05, 3.63) is 52.6 Å². The summed E-state index contributed by atoms with van der Waals surface area (Å²) in [4.78, 5) is 39.2. The molecule has 3 rings (SSSR count). The van der Waals surface area contributed by atoms with Crippen LogP contribution in [0.15, 0.2) is 36.9 Å². The summed E-state index contributed by atoms with van der Waals surface area (Å²) in [6, 6.07) is 6.06. The van der Waals surface area contributed by atoms with Crippen molar-refractivity contribution >= 4 is 17.7 Å². The number of hydrogen-bond acceptors (Lipinski definition) is 6. The highest BCUT2D eigenvalue weighted by molar-refractivity contribution is 5.70. The Morgan fingerprint density at radius 1 is 1.22 bits per heavy atom. The number of aliphatic carboxylic acids is 1. The molecule has 2 aliphatic rings. The number of carbonyl (C=O) groups is 2. The van der Waals surface area contributed by atoms with Gasteiger partial charge in [-0.2, -0.15) is 0 Å². The van der Waals surface area contributed by atoms with Gasteiger partial charge in [0.25, 0.3) is 5.69 Å². The molecule has 1 aromatic rings. The Bertz CT molecular complexity index is 926. The van der Waals surface area contributed by atoms with E-state index in [0.717, 1.165) is 58.2 Å². The van der Waals surface area contributed by atoms with E-state index in [9.17, 15) is 24.8 Å². The van der Waals surface area contributed by atoms with Gasteiger partial charge in [0.05, 0.1) is 10.8 Å². The van der Waals surface area contributed by atoms with Crippen LogP contribution in [0.2, 0.25) is 0 Å². The van der Waals surface area contributed by atoms with Crippen molar-refractivity contribution in [1.29, 1.82) is 0 Å². The van der Waals surface area contributed by atoms with Gasteiger partial charge >= 0.3 is 12.1 Å². The molecule has 3 atom stereocenters. The van der Waals surface area contributed by atoms with Crippen LogP contribution in [0.3, 0.4) is 0 Å². The monoisotopic (exact) mass is 515 g/mol. The number of ether oxygens (including phenoxy) is 1. The molecule has 1 aliphatic heterocycles. The second kappa shape index (κ2) is 13.6. The van der Waals surface area contributed by atoms with Crippen LogP contribution in [-0.4, -0.2) is 64.1 Å². The molecule has 1 amide bonds. The molecule has 0 spiro atoms. The van der Waals surface area contributed by atoms with Crippen molar-refractivity contribution in [3.8, 4) is 0 Å². The number of nitrogens with zero attached hydrogens (tertiary/aromatic N) is 3. The summed E-state index contributed by atoms with van der Waals surface area (Å²) in [5, 5.41) is 20.5. The number of nitro groups is 1. The predicted octanol–water partition coefficient (Wildman–Crippen LogP) is 5.35. The number of non-ortho nitro benzene ring substituents is 1. The predicted molar refractivity (Wildman–Crippen MR) is 141 cm³/mol. The maximum atomic E-state index is 12.9. The van der Waals surface area contributed by atoms with Crippen LogP contribution in [0.1, 0.15) is 57.9 Å². The Morgan fingerprint density at radius 2 is 1.89 bits per heavy atom. The highest BCUT2D eigenvalue weighted by Crippen LogP contribution is 2.39. The van der Waals surface area contributed by atoms with E-state index in [4.69, 9.17) is 4.74 Å². The zero-order valence-corrected chi connectivity index (χ0v) is 22.1. The second-order valence-corrected chi connectivity index (χ2v) is 11.0. The van der Waals surface area contributed by atoms with Gasteiger partial charge < -0.3 is 19.6 Å². The van der Waals surface area contributed by atoms with Crippen LogP contribution < -0.4 is 0 Å². The number of rotatable bonds is 12. The number of piperidine rings is 1. The molecule has 1 saturated carbocycles. The molecule has 1 N–H and O–H groups in total. The second-order valence-electron chi connectivity index (χ2n) is 11.0. The molecule has 0 bridgehead atoms. The number of amides is 1. The van der Waals surface area contributed by atoms with E-state index in [0.29, 0.717) is 23.9 Å². The summed E-state index contributed by atoms with van der Waals surface area (Å²) >= 11 is 0. The fourth-order valence-corrected chi connectivity index (χ4v) is 5.88. The molecule has 0 radical (unpaired) electrons. The number of carboxylic acids is 1. The summed E-state index contributed by atoms with van der Waals surface area (Å²) in [7, 11) is 0. The van der Waals surface area contributed by atoms with Crippen molar-refractivity contribution in [2.24, 2.45) is 23.7 Å². The third-order valence-corrected chi connectivity index (χ3v) is 7.78. The van der Waals surface area contributed by atoms with Gasteiger partial charge in [0.1, 0.15) is 6.61 Å². The molecule has 2 unspecified atom stereocenters. The van der Waals surface area contributed by atoms with E-state index in [-0.39, 0.29) is 30.2 Å². The SMILES string of the molecule is C=CCN(C(=O)OCc1ccc([N+](=O)[O-])cc1)C1CCN(C[C@@H]2CCC(C(CC(C)C)C(=O)O)C2)CC1. The first-order valence-corrected chi connectivity index (χ1v) is 13.4. The van der Waals surface area contributed by atoms with E-state index in [2.05, 4.69) is 25.3 Å². The first-order valence-electron chi connectivity index (χ1n) is 13.4. The molecule has 37 heavy (non-hydrogen) atoms. The highest BCUT2D eigenvalue weighted by atomic mass is 16.6. The Balaban J connectivity index is 1.46. The zero-order chi connectivity index (χ0) is 26.9. The van der Waals surface area contributed by atoms with Gasteiger partial charge in [-0.1, -0.05) is 19.9 Å². The van der Waals surface area contributed by atoms with E-state index < -0.39 is 17.0 Å². The maximum absolute atomic E-state index is 12.9. The number of likely N-dealkylation sites (tertiary alicyclic amines) is 1. The van der Waals surface area contributed by atoms with E-state index in [1.54, 1.807) is 23.1 Å². The standard InChI is InChI=1S/C28H41N3O6/c1-4-13-30(28(34)37-19-21-6-9-25(10-7-21)31(35)36)24-11-14-29(15-12-24)18-22-5-8-23(17-22)26(27(32)33)16-20(2)3/h4,6-7,9-10,20,22-24,26H,1,5,8,11-19H2,2-3H3,(H,32,33)/t22-,23?,26?/m1/s1. The third kappa shape index (κ3) is 8.28. The fraction of sp³-hybridized carbons (Fsp3) is 0.643. The van der Waals surface area contributed by atoms with Crippen molar-refractivity contribution in [2.75, 3.05) is 26.2 Å². The van der Waals surface area contributed by atoms with Gasteiger partial charge in [-0.3, -0.25) is 14.9 Å². The lowest BCUT2D eigenvalue weighted by Crippen LogP contribution is -2.48. The van der Waals surface area contributed by atoms with E-state index >= 15 is 0 Å². The molecular formula is C28H41N3O6. The number of carbonyl (C=O) groups excluding carboxylic acids is 1. The van der Waals surface area contributed by atoms with Gasteiger partial charge in [0, 0.05) is 44.4 Å². The van der Waals surface area contributed by atoms with Gasteiger partial charge in [0.2, 0.25) is 0 Å². The largest absolute Gasteiger partial charge is 0.481 e. The highest BCUT2D eigenvalue weighted by Gasteiger charge is 2.36. The smallest absolute Gasteiger partial charge is 0.410 e. The lowest BCUT2D eigenvalue weighted by molar-refractivity contribution is -0.384. The number of carboxylic acid groups (broad SMARTS) is 1. The molecule has 2 fully saturated rings. The minimum Gasteiger partial charge on any atom is -0.481 e. The van der Waals surface area contributed by atoms with Crippen LogP contribution in [0, 0.1) is 33.8 Å². The Morgan fingerprint density at radius 3 is 2.46 bits per heavy atom. The van der Waals surface area contributed by atoms with Crippen LogP contribution in [0.25, 0.3) is 0 Å². The first-order chi connectivity index (χ1) is 17.7. The molecule has 1 saturated heterocycles. The van der Waals surface area contributed by atoms with Gasteiger partial charge in [-0.25, -0.2) is 4.79 Å². The molecule has 0 aromatic heterocycles. The normalized spacial score (nSPS) is 21.5. The number of hydrogen-bond donors (Lipinski definition) is 1. The lowest BCUT2D eigenvalue weighted by atomic mass is 9.84. The van der Waals surface area contributed by atoms with Crippen LogP contribution >= 0.6 is 0 Å². The molecular weight excluding hydrogens is 474 g/mol. The zero-order valence-electron chi connectivity index (χ0n) is 22.1. The topological polar surface area (TPSA) is 113 Å². The summed E-state index contributed by atoms with van der Waals surface area (Å²) in [6.07, 6.45) is 6.82. The molecule has 1 heterocycles. The van der Waals surface area contributed by atoms with Crippen molar-refractivity contribution in [3.63, 3.8) is 0 Å². The fourth-order valence-electron chi connectivity index (χ4n) is 5.88. The van der Waals surface area contributed by atoms with Gasteiger partial charge in [-0.15, -0.1) is 6.58 Å². The average molecular weight is 516 g/mol. The summed E-state index contributed by atoms with van der Waals surface area (Å²) in [5.74, 6) is 0.309. The first kappa shape index (κ1) is 28.6. The van der Waals surface area contributed by atoms with E-state index in [1.165, 1.54) is 12.1 Å². The van der Waals surface area contributed by atoms with Crippen LogP contribution in [-0.2, 0) is 16.1 Å². The molecule has 1 aromatic carbocycles. The Kier molecular flexibility index (Phi) is 10.5. The molecule has 204 valence electrons. The summed E-state index contributed by atoms with van der Waals surface area (Å²) in [5.41, 5.74) is 0.696. The van der Waals surface area contributed by atoms with Crippen molar-refractivity contribution in [2.45, 2.75) is 65.0 Å². The maximum Gasteiger partial charge on any atom is 0.410 e. The molecule has 9 nitrogen and oxygen atoms in total. The summed E-state index contributed by atoms with van der Waals surface area (Å²) < 4.78 is 5.52. The van der Waals surface area contributed by atoms with Crippen molar-refractivity contribution in [1.82, 2.24) is 9.80 Å². The van der Waals surface area contributed by atoms with Gasteiger partial charge in [-0.05, 0) is 74.0 Å². The molecule has 9 heteroatoms. The minimum atomic E-state index is -0.650. The van der Waals surface area contributed by atoms with Crippen molar-refractivity contribution < 1.29 is 24.4 Å². The molecule has 1 aliphatic carbocycles. The average Bonchev–Trinajstić information content (AvgIpc) is 3.33. The summed E-state index contributed by atoms with van der Waals surface area (Å²) in [6.45, 7) is 11.2. The van der Waals surface area contributed by atoms with Crippen LogP contribution in [0.4, 0.5) is 10.5 Å². The Labute approximate surface area is 219 Å². The number of benzene rings is 1. The quantitative estimate of drug-likeness (QED) is 0.227. The van der Waals surface area contributed by atoms with E-state index in [1.807, 2.05) is 0 Å². The third-order valence-electron chi connectivity index (χ3n) is 7.78. The van der Waals surface area contributed by atoms with Gasteiger partial charge in [0.15, 0.2) is 0 Å².